The molecule has 0 spiro atoms. The molecule has 0 bridgehead atoms. The van der Waals surface area contributed by atoms with E-state index < -0.39 is 11.7 Å². The SMILES string of the molecule is CCNc1cc(C(F)(F)F)cc(N(CC)CCC#N)n1. The molecule has 110 valence electrons. The Morgan fingerprint density at radius 3 is 2.55 bits per heavy atom. The first-order valence-electron chi connectivity index (χ1n) is 6.37. The Labute approximate surface area is 116 Å². The van der Waals surface area contributed by atoms with Crippen molar-refractivity contribution in [3.05, 3.63) is 17.7 Å². The molecule has 20 heavy (non-hydrogen) atoms. The van der Waals surface area contributed by atoms with Gasteiger partial charge in [0.1, 0.15) is 11.6 Å². The van der Waals surface area contributed by atoms with E-state index in [1.807, 2.05) is 13.0 Å². The molecule has 1 heterocycles. The second-order valence-electron chi connectivity index (χ2n) is 4.12. The number of rotatable bonds is 6. The summed E-state index contributed by atoms with van der Waals surface area (Å²) in [4.78, 5) is 5.82. The number of hydrogen-bond acceptors (Lipinski definition) is 4. The van der Waals surface area contributed by atoms with Gasteiger partial charge in [-0.3, -0.25) is 0 Å². The second kappa shape index (κ2) is 6.98. The molecule has 0 aromatic carbocycles. The third-order valence-electron chi connectivity index (χ3n) is 2.70. The number of nitriles is 1. The lowest BCUT2D eigenvalue weighted by atomic mass is 10.2. The molecule has 1 aromatic rings. The van der Waals surface area contributed by atoms with Crippen LogP contribution in [-0.2, 0) is 6.18 Å². The number of pyridine rings is 1. The van der Waals surface area contributed by atoms with Crippen molar-refractivity contribution < 1.29 is 13.2 Å². The van der Waals surface area contributed by atoms with Gasteiger partial charge < -0.3 is 10.2 Å². The Morgan fingerprint density at radius 1 is 1.35 bits per heavy atom. The zero-order chi connectivity index (χ0) is 15.2. The summed E-state index contributed by atoms with van der Waals surface area (Å²) in [6.07, 6.45) is -4.18. The van der Waals surface area contributed by atoms with Crippen molar-refractivity contribution in [3.8, 4) is 6.07 Å². The Kier molecular flexibility index (Phi) is 5.62. The molecule has 4 nitrogen and oxygen atoms in total. The molecule has 0 fully saturated rings. The fourth-order valence-electron chi connectivity index (χ4n) is 1.73. The first-order chi connectivity index (χ1) is 9.42. The van der Waals surface area contributed by atoms with E-state index in [0.717, 1.165) is 12.1 Å². The molecule has 0 aliphatic heterocycles. The van der Waals surface area contributed by atoms with Crippen molar-refractivity contribution in [2.24, 2.45) is 0 Å². The Balaban J connectivity index is 3.16. The lowest BCUT2D eigenvalue weighted by Crippen LogP contribution is -2.25. The predicted molar refractivity (Wildman–Crippen MR) is 71.5 cm³/mol. The third-order valence-corrected chi connectivity index (χ3v) is 2.70. The van der Waals surface area contributed by atoms with Crippen LogP contribution in [0.15, 0.2) is 12.1 Å². The van der Waals surface area contributed by atoms with Gasteiger partial charge >= 0.3 is 6.18 Å². The van der Waals surface area contributed by atoms with Gasteiger partial charge in [-0.1, -0.05) is 0 Å². The van der Waals surface area contributed by atoms with Crippen LogP contribution >= 0.6 is 0 Å². The highest BCUT2D eigenvalue weighted by atomic mass is 19.4. The first-order valence-corrected chi connectivity index (χ1v) is 6.37. The molecule has 7 heteroatoms. The molecule has 0 aliphatic rings. The zero-order valence-electron chi connectivity index (χ0n) is 11.5. The van der Waals surface area contributed by atoms with E-state index in [9.17, 15) is 13.2 Å². The van der Waals surface area contributed by atoms with Crippen LogP contribution in [0.2, 0.25) is 0 Å². The maximum atomic E-state index is 12.9. The van der Waals surface area contributed by atoms with Crippen LogP contribution in [-0.4, -0.2) is 24.6 Å². The fraction of sp³-hybridized carbons (Fsp3) is 0.538. The molecule has 0 saturated carbocycles. The molecular formula is C13H17F3N4. The minimum Gasteiger partial charge on any atom is -0.370 e. The highest BCUT2D eigenvalue weighted by Crippen LogP contribution is 2.32. The number of anilines is 2. The van der Waals surface area contributed by atoms with E-state index >= 15 is 0 Å². The summed E-state index contributed by atoms with van der Waals surface area (Å²) in [5.74, 6) is 0.418. The largest absolute Gasteiger partial charge is 0.416 e. The van der Waals surface area contributed by atoms with Gasteiger partial charge in [0.15, 0.2) is 0 Å². The quantitative estimate of drug-likeness (QED) is 0.872. The maximum absolute atomic E-state index is 12.9. The van der Waals surface area contributed by atoms with Gasteiger partial charge in [-0.05, 0) is 26.0 Å². The van der Waals surface area contributed by atoms with Gasteiger partial charge in [-0.15, -0.1) is 0 Å². The van der Waals surface area contributed by atoms with Crippen LogP contribution in [0, 0.1) is 11.3 Å². The third kappa shape index (κ3) is 4.30. The number of nitrogens with one attached hydrogen (secondary N) is 1. The van der Waals surface area contributed by atoms with Crippen molar-refractivity contribution in [3.63, 3.8) is 0 Å². The van der Waals surface area contributed by atoms with E-state index in [4.69, 9.17) is 5.26 Å². The molecule has 1 N–H and O–H groups in total. The van der Waals surface area contributed by atoms with Gasteiger partial charge in [-0.25, -0.2) is 4.98 Å². The summed E-state index contributed by atoms with van der Waals surface area (Å²) in [6.45, 7) is 4.92. The van der Waals surface area contributed by atoms with Gasteiger partial charge in [0.25, 0.3) is 0 Å². The van der Waals surface area contributed by atoms with E-state index in [2.05, 4.69) is 10.3 Å². The molecule has 0 amide bonds. The number of alkyl halides is 3. The number of nitrogens with zero attached hydrogens (tertiary/aromatic N) is 3. The Hall–Kier alpha value is -1.97. The topological polar surface area (TPSA) is 52.0 Å². The van der Waals surface area contributed by atoms with Crippen molar-refractivity contribution in [2.75, 3.05) is 29.9 Å². The van der Waals surface area contributed by atoms with Gasteiger partial charge in [0.05, 0.1) is 18.1 Å². The number of hydrogen-bond donors (Lipinski definition) is 1. The highest BCUT2D eigenvalue weighted by Gasteiger charge is 2.32. The monoisotopic (exact) mass is 286 g/mol. The molecule has 0 radical (unpaired) electrons. The summed E-state index contributed by atoms with van der Waals surface area (Å²) < 4.78 is 38.6. The van der Waals surface area contributed by atoms with Crippen LogP contribution in [0.3, 0.4) is 0 Å². The Morgan fingerprint density at radius 2 is 2.05 bits per heavy atom. The Bertz CT molecular complexity index is 479. The maximum Gasteiger partial charge on any atom is 0.416 e. The summed E-state index contributed by atoms with van der Waals surface area (Å²) >= 11 is 0. The standard InChI is InChI=1S/C13H17F3N4/c1-3-18-11-8-10(13(14,15)16)9-12(19-11)20(4-2)7-5-6-17/h8-9H,3-5,7H2,1-2H3,(H,18,19). The van der Waals surface area contributed by atoms with Crippen LogP contribution in [0.4, 0.5) is 24.8 Å². The first kappa shape index (κ1) is 16.1. The molecule has 0 atom stereocenters. The molecule has 0 saturated heterocycles. The van der Waals surface area contributed by atoms with Crippen LogP contribution < -0.4 is 10.2 Å². The highest BCUT2D eigenvalue weighted by molar-refractivity contribution is 5.51. The number of aromatic nitrogens is 1. The van der Waals surface area contributed by atoms with E-state index in [1.165, 1.54) is 0 Å². The normalized spacial score (nSPS) is 11.0. The molecular weight excluding hydrogens is 269 g/mol. The van der Waals surface area contributed by atoms with Gasteiger partial charge in [0.2, 0.25) is 0 Å². The van der Waals surface area contributed by atoms with Crippen molar-refractivity contribution in [1.82, 2.24) is 4.98 Å². The van der Waals surface area contributed by atoms with Crippen LogP contribution in [0.25, 0.3) is 0 Å². The smallest absolute Gasteiger partial charge is 0.370 e. The van der Waals surface area contributed by atoms with Crippen LogP contribution in [0.1, 0.15) is 25.8 Å². The van der Waals surface area contributed by atoms with E-state index in [0.29, 0.717) is 19.6 Å². The summed E-state index contributed by atoms with van der Waals surface area (Å²) in [5.41, 5.74) is -0.742. The lowest BCUT2D eigenvalue weighted by molar-refractivity contribution is -0.137. The van der Waals surface area contributed by atoms with E-state index in [-0.39, 0.29) is 18.1 Å². The van der Waals surface area contributed by atoms with Crippen molar-refractivity contribution in [2.45, 2.75) is 26.4 Å². The average Bonchev–Trinajstić information content (AvgIpc) is 2.39. The minimum absolute atomic E-state index is 0.188. The molecule has 0 unspecified atom stereocenters. The number of halogens is 3. The molecule has 1 rings (SSSR count). The minimum atomic E-state index is -4.42. The van der Waals surface area contributed by atoms with Crippen molar-refractivity contribution >= 4 is 11.6 Å². The van der Waals surface area contributed by atoms with E-state index in [1.54, 1.807) is 11.8 Å². The lowest BCUT2D eigenvalue weighted by Gasteiger charge is -2.22. The zero-order valence-corrected chi connectivity index (χ0v) is 11.5. The fourth-order valence-corrected chi connectivity index (χ4v) is 1.73. The second-order valence-corrected chi connectivity index (χ2v) is 4.12. The average molecular weight is 286 g/mol. The summed E-state index contributed by atoms with van der Waals surface area (Å²) in [7, 11) is 0. The molecule has 1 aromatic heterocycles. The van der Waals surface area contributed by atoms with Gasteiger partial charge in [0, 0.05) is 19.6 Å². The van der Waals surface area contributed by atoms with Crippen molar-refractivity contribution in [1.29, 1.82) is 5.26 Å². The summed E-state index contributed by atoms with van der Waals surface area (Å²) in [6, 6.07) is 3.99. The van der Waals surface area contributed by atoms with Gasteiger partial charge in [-0.2, -0.15) is 18.4 Å². The summed E-state index contributed by atoms with van der Waals surface area (Å²) in [5, 5.41) is 11.4. The van der Waals surface area contributed by atoms with Crippen LogP contribution in [0.5, 0.6) is 0 Å². The molecule has 0 aliphatic carbocycles. The predicted octanol–water partition coefficient (Wildman–Crippen LogP) is 3.27.